The van der Waals surface area contributed by atoms with Gasteiger partial charge < -0.3 is 4.57 Å². The second-order valence-corrected chi connectivity index (χ2v) is 6.11. The second kappa shape index (κ2) is 4.34. The molecule has 0 spiro atoms. The van der Waals surface area contributed by atoms with E-state index in [4.69, 9.17) is 0 Å². The molecule has 104 valence electrons. The summed E-state index contributed by atoms with van der Waals surface area (Å²) in [6.07, 6.45) is 3.06. The average Bonchev–Trinajstić information content (AvgIpc) is 2.98. The molecule has 0 radical (unpaired) electrons. The number of aryl methyl sites for hydroxylation is 2. The third kappa shape index (κ3) is 2.03. The van der Waals surface area contributed by atoms with E-state index in [-0.39, 0.29) is 5.03 Å². The Balaban J connectivity index is 2.03. The number of hydrogen-bond acceptors (Lipinski definition) is 4. The van der Waals surface area contributed by atoms with Crippen molar-refractivity contribution in [3.63, 3.8) is 0 Å². The maximum atomic E-state index is 12.3. The highest BCUT2D eigenvalue weighted by Gasteiger charge is 2.19. The van der Waals surface area contributed by atoms with Gasteiger partial charge in [-0.05, 0) is 19.1 Å². The molecule has 1 aromatic carbocycles. The Kier molecular flexibility index (Phi) is 2.75. The smallest absolute Gasteiger partial charge is 0.280 e. The van der Waals surface area contributed by atoms with Gasteiger partial charge in [0.2, 0.25) is 0 Å². The lowest BCUT2D eigenvalue weighted by atomic mass is 10.2. The van der Waals surface area contributed by atoms with Gasteiger partial charge in [-0.3, -0.25) is 9.82 Å². The van der Waals surface area contributed by atoms with Crippen LogP contribution in [0.25, 0.3) is 10.9 Å². The summed E-state index contributed by atoms with van der Waals surface area (Å²) in [6.45, 7) is 1.75. The zero-order chi connectivity index (χ0) is 14.3. The summed E-state index contributed by atoms with van der Waals surface area (Å²) in [7, 11) is -1.96. The van der Waals surface area contributed by atoms with E-state index in [9.17, 15) is 8.42 Å². The highest BCUT2D eigenvalue weighted by molar-refractivity contribution is 7.92. The van der Waals surface area contributed by atoms with Crippen LogP contribution in [-0.2, 0) is 17.1 Å². The summed E-state index contributed by atoms with van der Waals surface area (Å²) in [6, 6.07) is 5.26. The summed E-state index contributed by atoms with van der Waals surface area (Å²) in [4.78, 5) is 4.03. The zero-order valence-electron chi connectivity index (χ0n) is 11.0. The molecular formula is C12H13N5O2S. The van der Waals surface area contributed by atoms with Crippen molar-refractivity contribution in [1.82, 2.24) is 19.7 Å². The van der Waals surface area contributed by atoms with Crippen molar-refractivity contribution in [1.29, 1.82) is 0 Å². The molecule has 8 heteroatoms. The highest BCUT2D eigenvalue weighted by atomic mass is 32.2. The summed E-state index contributed by atoms with van der Waals surface area (Å²) < 4.78 is 28.8. The van der Waals surface area contributed by atoms with Crippen LogP contribution < -0.4 is 4.72 Å². The molecule has 3 aromatic rings. The molecule has 2 N–H and O–H groups in total. The maximum Gasteiger partial charge on any atom is 0.280 e. The van der Waals surface area contributed by atoms with Gasteiger partial charge >= 0.3 is 0 Å². The standard InChI is InChI=1S/C12H13N5O2S/c1-8-14-12(7-17(8)2)20(18,19)16-11-5-3-4-10-9(11)6-13-15-10/h3-7,16H,1-2H3,(H,13,15). The maximum absolute atomic E-state index is 12.3. The monoisotopic (exact) mass is 291 g/mol. The zero-order valence-corrected chi connectivity index (χ0v) is 11.8. The number of nitrogens with zero attached hydrogens (tertiary/aromatic N) is 3. The van der Waals surface area contributed by atoms with Crippen LogP contribution in [-0.4, -0.2) is 28.2 Å². The Bertz CT molecular complexity index is 859. The van der Waals surface area contributed by atoms with E-state index >= 15 is 0 Å². The Morgan fingerprint density at radius 2 is 2.15 bits per heavy atom. The van der Waals surface area contributed by atoms with E-state index in [1.54, 1.807) is 36.9 Å². The third-order valence-corrected chi connectivity index (χ3v) is 4.33. The largest absolute Gasteiger partial charge is 0.337 e. The molecule has 0 aliphatic rings. The number of fused-ring (bicyclic) bond motifs is 1. The van der Waals surface area contributed by atoms with Crippen molar-refractivity contribution < 1.29 is 8.42 Å². The number of hydrogen-bond donors (Lipinski definition) is 2. The molecule has 0 aliphatic carbocycles. The first kappa shape index (κ1) is 12.7. The number of rotatable bonds is 3. The lowest BCUT2D eigenvalue weighted by Gasteiger charge is -2.06. The number of aromatic nitrogens is 4. The van der Waals surface area contributed by atoms with Crippen molar-refractivity contribution in [3.8, 4) is 0 Å². The van der Waals surface area contributed by atoms with E-state index in [1.165, 1.54) is 6.20 Å². The van der Waals surface area contributed by atoms with E-state index in [0.29, 0.717) is 16.9 Å². The van der Waals surface area contributed by atoms with E-state index < -0.39 is 10.0 Å². The lowest BCUT2D eigenvalue weighted by molar-refractivity contribution is 0.598. The summed E-state index contributed by atoms with van der Waals surface area (Å²) in [5, 5.41) is 7.41. The Labute approximate surface area is 115 Å². The van der Waals surface area contributed by atoms with Gasteiger partial charge in [-0.15, -0.1) is 0 Å². The summed E-state index contributed by atoms with van der Waals surface area (Å²) in [5.41, 5.74) is 1.24. The predicted octanol–water partition coefficient (Wildman–Crippen LogP) is 1.41. The Morgan fingerprint density at radius 1 is 1.35 bits per heavy atom. The molecule has 2 heterocycles. The second-order valence-electron chi connectivity index (χ2n) is 4.48. The third-order valence-electron chi connectivity index (χ3n) is 3.09. The molecule has 0 atom stereocenters. The quantitative estimate of drug-likeness (QED) is 0.763. The predicted molar refractivity (Wildman–Crippen MR) is 74.8 cm³/mol. The van der Waals surface area contributed by atoms with Crippen LogP contribution in [0.1, 0.15) is 5.82 Å². The number of nitrogens with one attached hydrogen (secondary N) is 2. The molecule has 3 rings (SSSR count). The molecule has 0 fully saturated rings. The molecular weight excluding hydrogens is 278 g/mol. The van der Waals surface area contributed by atoms with E-state index in [2.05, 4.69) is 19.9 Å². The molecule has 0 bridgehead atoms. The number of sulfonamides is 1. The number of imidazole rings is 1. The van der Waals surface area contributed by atoms with Crippen molar-refractivity contribution >= 4 is 26.6 Å². The SMILES string of the molecule is Cc1nc(S(=O)(=O)Nc2cccc3[nH]ncc23)cn1C. The average molecular weight is 291 g/mol. The van der Waals surface area contributed by atoms with Crippen LogP contribution in [0.4, 0.5) is 5.69 Å². The number of anilines is 1. The Morgan fingerprint density at radius 3 is 2.85 bits per heavy atom. The Hall–Kier alpha value is -2.35. The fourth-order valence-electron chi connectivity index (χ4n) is 1.91. The van der Waals surface area contributed by atoms with Crippen molar-refractivity contribution in [2.24, 2.45) is 7.05 Å². The first-order valence-corrected chi connectivity index (χ1v) is 7.40. The van der Waals surface area contributed by atoms with Gasteiger partial charge in [0.25, 0.3) is 10.0 Å². The first-order chi connectivity index (χ1) is 9.47. The minimum atomic E-state index is -3.71. The molecule has 0 amide bonds. The van der Waals surface area contributed by atoms with Gasteiger partial charge in [-0.2, -0.15) is 13.5 Å². The van der Waals surface area contributed by atoms with Gasteiger partial charge in [0.05, 0.1) is 17.4 Å². The van der Waals surface area contributed by atoms with Gasteiger partial charge in [0.1, 0.15) is 5.82 Å². The van der Waals surface area contributed by atoms with Crippen molar-refractivity contribution in [3.05, 3.63) is 36.4 Å². The van der Waals surface area contributed by atoms with Crippen molar-refractivity contribution in [2.75, 3.05) is 4.72 Å². The fourth-order valence-corrected chi connectivity index (χ4v) is 3.03. The highest BCUT2D eigenvalue weighted by Crippen LogP contribution is 2.23. The van der Waals surface area contributed by atoms with Crippen LogP contribution in [0.3, 0.4) is 0 Å². The van der Waals surface area contributed by atoms with Crippen LogP contribution in [0.15, 0.2) is 35.6 Å². The van der Waals surface area contributed by atoms with Crippen molar-refractivity contribution in [2.45, 2.75) is 11.9 Å². The molecule has 0 saturated carbocycles. The van der Waals surface area contributed by atoms with Gasteiger partial charge in [-0.1, -0.05) is 6.07 Å². The van der Waals surface area contributed by atoms with Crippen LogP contribution in [0.5, 0.6) is 0 Å². The van der Waals surface area contributed by atoms with E-state index in [1.807, 2.05) is 6.07 Å². The van der Waals surface area contributed by atoms with Gasteiger partial charge in [0.15, 0.2) is 5.03 Å². The number of aromatic amines is 1. The topological polar surface area (TPSA) is 92.7 Å². The molecule has 0 aliphatic heterocycles. The minimum Gasteiger partial charge on any atom is -0.337 e. The molecule has 0 saturated heterocycles. The summed E-state index contributed by atoms with van der Waals surface area (Å²) >= 11 is 0. The van der Waals surface area contributed by atoms with Gasteiger partial charge in [-0.25, -0.2) is 4.98 Å². The summed E-state index contributed by atoms with van der Waals surface area (Å²) in [5.74, 6) is 0.631. The minimum absolute atomic E-state index is 0.00185. The first-order valence-electron chi connectivity index (χ1n) is 5.92. The molecule has 2 aromatic heterocycles. The number of H-pyrrole nitrogens is 1. The molecule has 0 unspecified atom stereocenters. The van der Waals surface area contributed by atoms with Gasteiger partial charge in [0, 0.05) is 18.6 Å². The lowest BCUT2D eigenvalue weighted by Crippen LogP contribution is -2.13. The molecule has 7 nitrogen and oxygen atoms in total. The fraction of sp³-hybridized carbons (Fsp3) is 0.167. The van der Waals surface area contributed by atoms with E-state index in [0.717, 1.165) is 5.52 Å². The van der Waals surface area contributed by atoms with Crippen LogP contribution in [0, 0.1) is 6.92 Å². The normalized spacial score (nSPS) is 11.9. The van der Waals surface area contributed by atoms with Crippen LogP contribution in [0.2, 0.25) is 0 Å². The molecule has 20 heavy (non-hydrogen) atoms. The van der Waals surface area contributed by atoms with Crippen LogP contribution >= 0.6 is 0 Å². The number of benzene rings is 1.